The van der Waals surface area contributed by atoms with Crippen molar-refractivity contribution in [1.29, 1.82) is 0 Å². The van der Waals surface area contributed by atoms with E-state index in [0.717, 1.165) is 21.5 Å². The molecule has 0 saturated heterocycles. The second-order valence-electron chi connectivity index (χ2n) is 7.63. The Kier molecular flexibility index (Phi) is 4.03. The zero-order valence-corrected chi connectivity index (χ0v) is 15.8. The van der Waals surface area contributed by atoms with Gasteiger partial charge in [0.05, 0.1) is 23.8 Å². The van der Waals surface area contributed by atoms with Crippen LogP contribution in [0.15, 0.2) is 42.7 Å². The average molecular weight is 377 g/mol. The number of nitrogens with zero attached hydrogens (tertiary/aromatic N) is 3. The minimum absolute atomic E-state index is 0.0459. The van der Waals surface area contributed by atoms with Crippen molar-refractivity contribution in [2.45, 2.75) is 32.9 Å². The van der Waals surface area contributed by atoms with Crippen LogP contribution in [0.4, 0.5) is 4.79 Å². The molecule has 0 fully saturated rings. The minimum Gasteiger partial charge on any atom is -0.443 e. The molecule has 3 aromatic rings. The minimum atomic E-state index is -0.731. The van der Waals surface area contributed by atoms with E-state index in [4.69, 9.17) is 4.74 Å². The van der Waals surface area contributed by atoms with Gasteiger partial charge in [0.15, 0.2) is 6.29 Å². The van der Waals surface area contributed by atoms with Gasteiger partial charge in [-0.3, -0.25) is 9.59 Å². The maximum Gasteiger partial charge on any atom is 0.417 e. The molecule has 142 valence electrons. The number of carbonyl (C=O) groups is 3. The highest BCUT2D eigenvalue weighted by Gasteiger charge is 2.38. The summed E-state index contributed by atoms with van der Waals surface area (Å²) in [4.78, 5) is 38.0. The van der Waals surface area contributed by atoms with E-state index in [0.29, 0.717) is 11.8 Å². The van der Waals surface area contributed by atoms with Gasteiger partial charge >= 0.3 is 6.09 Å². The van der Waals surface area contributed by atoms with Gasteiger partial charge in [0.1, 0.15) is 5.60 Å². The van der Waals surface area contributed by atoms with E-state index in [9.17, 15) is 14.4 Å². The molecule has 0 bridgehead atoms. The molecule has 1 aliphatic rings. The van der Waals surface area contributed by atoms with Crippen LogP contribution in [0, 0.1) is 0 Å². The number of rotatable bonds is 2. The largest absolute Gasteiger partial charge is 0.443 e. The van der Waals surface area contributed by atoms with Gasteiger partial charge in [-0.15, -0.1) is 0 Å². The van der Waals surface area contributed by atoms with Crippen molar-refractivity contribution in [3.8, 4) is 11.1 Å². The molecule has 7 heteroatoms. The first-order valence-corrected chi connectivity index (χ1v) is 8.89. The fourth-order valence-electron chi connectivity index (χ4n) is 3.40. The molecule has 7 nitrogen and oxygen atoms in total. The van der Waals surface area contributed by atoms with Gasteiger partial charge in [-0.2, -0.15) is 5.10 Å². The topological polar surface area (TPSA) is 81.0 Å². The van der Waals surface area contributed by atoms with Crippen LogP contribution in [0.5, 0.6) is 0 Å². The predicted octanol–water partition coefficient (Wildman–Crippen LogP) is 3.70. The summed E-state index contributed by atoms with van der Waals surface area (Å²) in [6, 6.07) is 9.09. The van der Waals surface area contributed by atoms with Crippen LogP contribution in [0.3, 0.4) is 0 Å². The third kappa shape index (κ3) is 2.85. The van der Waals surface area contributed by atoms with Gasteiger partial charge in [-0.25, -0.2) is 14.2 Å². The van der Waals surface area contributed by atoms with Gasteiger partial charge in [-0.1, -0.05) is 18.2 Å². The van der Waals surface area contributed by atoms with E-state index >= 15 is 0 Å². The SMILES string of the molecule is CC(C)(C)OC(=O)N1Cc2c(-c3cnn4ccccc34)ccc(C=O)c2C1=O. The molecule has 0 atom stereocenters. The van der Waals surface area contributed by atoms with E-state index in [-0.39, 0.29) is 17.7 Å². The number of hydrogen-bond acceptors (Lipinski definition) is 5. The van der Waals surface area contributed by atoms with Crippen molar-refractivity contribution in [1.82, 2.24) is 14.5 Å². The highest BCUT2D eigenvalue weighted by Crippen LogP contribution is 2.36. The summed E-state index contributed by atoms with van der Waals surface area (Å²) >= 11 is 0. The summed E-state index contributed by atoms with van der Waals surface area (Å²) < 4.78 is 7.09. The van der Waals surface area contributed by atoms with E-state index < -0.39 is 17.6 Å². The van der Waals surface area contributed by atoms with Crippen molar-refractivity contribution in [2.24, 2.45) is 0 Å². The molecule has 3 heterocycles. The molecule has 28 heavy (non-hydrogen) atoms. The van der Waals surface area contributed by atoms with Crippen molar-refractivity contribution in [3.05, 3.63) is 59.4 Å². The molecule has 0 aliphatic carbocycles. The Morgan fingerprint density at radius 2 is 1.96 bits per heavy atom. The molecule has 2 amide bonds. The first-order chi connectivity index (χ1) is 13.3. The van der Waals surface area contributed by atoms with Crippen LogP contribution < -0.4 is 0 Å². The van der Waals surface area contributed by atoms with E-state index in [2.05, 4.69) is 5.10 Å². The maximum atomic E-state index is 12.9. The van der Waals surface area contributed by atoms with Crippen LogP contribution in [-0.4, -0.2) is 38.4 Å². The van der Waals surface area contributed by atoms with E-state index in [1.165, 1.54) is 0 Å². The molecule has 0 radical (unpaired) electrons. The predicted molar refractivity (Wildman–Crippen MR) is 102 cm³/mol. The Labute approximate surface area is 161 Å². The number of ether oxygens (including phenoxy) is 1. The molecular formula is C21H19N3O4. The number of amides is 2. The number of aromatic nitrogens is 2. The van der Waals surface area contributed by atoms with Crippen molar-refractivity contribution >= 4 is 23.8 Å². The lowest BCUT2D eigenvalue weighted by Crippen LogP contribution is -2.37. The van der Waals surface area contributed by atoms with Crippen LogP contribution in [0.25, 0.3) is 16.6 Å². The molecule has 2 aromatic heterocycles. The molecule has 1 aromatic carbocycles. The standard InChI is InChI=1S/C21H19N3O4/c1-21(2,3)28-20(27)23-11-16-14(8-7-13(12-25)18(16)19(23)26)15-10-22-24-9-5-4-6-17(15)24/h4-10,12H,11H2,1-3H3. The zero-order chi connectivity index (χ0) is 20.1. The molecule has 0 spiro atoms. The van der Waals surface area contributed by atoms with Crippen LogP contribution in [0.1, 0.15) is 47.1 Å². The van der Waals surface area contributed by atoms with Gasteiger partial charge in [0.25, 0.3) is 5.91 Å². The Morgan fingerprint density at radius 1 is 1.18 bits per heavy atom. The number of benzene rings is 1. The molecule has 0 unspecified atom stereocenters. The van der Waals surface area contributed by atoms with Gasteiger partial charge in [0, 0.05) is 17.3 Å². The van der Waals surface area contributed by atoms with E-state index in [1.807, 2.05) is 24.4 Å². The fourth-order valence-corrected chi connectivity index (χ4v) is 3.40. The normalized spacial score (nSPS) is 13.7. The van der Waals surface area contributed by atoms with E-state index in [1.54, 1.807) is 43.6 Å². The first-order valence-electron chi connectivity index (χ1n) is 8.89. The van der Waals surface area contributed by atoms with Crippen molar-refractivity contribution in [2.75, 3.05) is 0 Å². The quantitative estimate of drug-likeness (QED) is 0.636. The number of carbonyl (C=O) groups excluding carboxylic acids is 3. The first kappa shape index (κ1) is 17.9. The van der Waals surface area contributed by atoms with Gasteiger partial charge in [0.2, 0.25) is 0 Å². The number of pyridine rings is 1. The number of aldehydes is 1. The molecule has 1 aliphatic heterocycles. The molecule has 0 saturated carbocycles. The Hall–Kier alpha value is -3.48. The monoisotopic (exact) mass is 377 g/mol. The third-order valence-electron chi connectivity index (χ3n) is 4.58. The smallest absolute Gasteiger partial charge is 0.417 e. The lowest BCUT2D eigenvalue weighted by atomic mass is 9.94. The number of imide groups is 1. The Morgan fingerprint density at radius 3 is 2.68 bits per heavy atom. The molecule has 4 rings (SSSR count). The second kappa shape index (κ2) is 6.30. The van der Waals surface area contributed by atoms with Crippen molar-refractivity contribution < 1.29 is 19.1 Å². The lowest BCUT2D eigenvalue weighted by Gasteiger charge is -2.23. The summed E-state index contributed by atoms with van der Waals surface area (Å²) in [6.07, 6.45) is 3.45. The molecule has 0 N–H and O–H groups in total. The highest BCUT2D eigenvalue weighted by atomic mass is 16.6. The zero-order valence-electron chi connectivity index (χ0n) is 15.8. The second-order valence-corrected chi connectivity index (χ2v) is 7.63. The highest BCUT2D eigenvalue weighted by molar-refractivity contribution is 6.12. The lowest BCUT2D eigenvalue weighted by molar-refractivity contribution is 0.0247. The number of hydrogen-bond donors (Lipinski definition) is 0. The van der Waals surface area contributed by atoms with Gasteiger partial charge < -0.3 is 4.74 Å². The average Bonchev–Trinajstić information content (AvgIpc) is 3.22. The summed E-state index contributed by atoms with van der Waals surface area (Å²) in [5.41, 5.74) is 2.85. The maximum absolute atomic E-state index is 12.9. The van der Waals surface area contributed by atoms with Crippen LogP contribution >= 0.6 is 0 Å². The Balaban J connectivity index is 1.84. The third-order valence-corrected chi connectivity index (χ3v) is 4.58. The fraction of sp³-hybridized carbons (Fsp3) is 0.238. The summed E-state index contributed by atoms with van der Waals surface area (Å²) in [5.74, 6) is -0.523. The van der Waals surface area contributed by atoms with Crippen molar-refractivity contribution in [3.63, 3.8) is 0 Å². The van der Waals surface area contributed by atoms with Crippen LogP contribution in [-0.2, 0) is 11.3 Å². The summed E-state index contributed by atoms with van der Waals surface area (Å²) in [7, 11) is 0. The number of fused-ring (bicyclic) bond motifs is 2. The molecular weight excluding hydrogens is 358 g/mol. The van der Waals surface area contributed by atoms with Gasteiger partial charge in [-0.05, 0) is 44.0 Å². The Bertz CT molecular complexity index is 1120. The van der Waals surface area contributed by atoms with Crippen LogP contribution in [0.2, 0.25) is 0 Å². The summed E-state index contributed by atoms with van der Waals surface area (Å²) in [5, 5.41) is 4.34. The summed E-state index contributed by atoms with van der Waals surface area (Å²) in [6.45, 7) is 5.25.